The zero-order valence-corrected chi connectivity index (χ0v) is 15.8. The molecule has 0 saturated carbocycles. The Morgan fingerprint density at radius 1 is 1.19 bits per heavy atom. The summed E-state index contributed by atoms with van der Waals surface area (Å²) in [6.07, 6.45) is 0.212. The molecule has 1 aliphatic rings. The molecule has 26 heavy (non-hydrogen) atoms. The summed E-state index contributed by atoms with van der Waals surface area (Å²) in [5, 5.41) is 3.47. The third-order valence-corrected chi connectivity index (χ3v) is 5.07. The first-order valence-corrected chi connectivity index (χ1v) is 9.25. The van der Waals surface area contributed by atoms with E-state index >= 15 is 0 Å². The number of carbonyl (C=O) groups excluding carboxylic acids is 2. The fourth-order valence-corrected chi connectivity index (χ4v) is 3.38. The van der Waals surface area contributed by atoms with Crippen molar-refractivity contribution in [2.24, 2.45) is 5.92 Å². The first-order valence-electron chi connectivity index (χ1n) is 8.87. The Morgan fingerprint density at radius 3 is 2.54 bits per heavy atom. The Balaban J connectivity index is 1.59. The zero-order chi connectivity index (χ0) is 18.7. The van der Waals surface area contributed by atoms with Crippen molar-refractivity contribution < 1.29 is 9.59 Å². The van der Waals surface area contributed by atoms with Crippen molar-refractivity contribution in [3.63, 3.8) is 0 Å². The Bertz CT molecular complexity index is 802. The summed E-state index contributed by atoms with van der Waals surface area (Å²) in [4.78, 5) is 26.4. The van der Waals surface area contributed by atoms with Crippen LogP contribution < -0.4 is 10.2 Å². The SMILES string of the molecule is CC(C)c1ccc(CNC(=O)[C@@H]2CC(=O)N(c3ccccc3Cl)C2)cc1. The van der Waals surface area contributed by atoms with Crippen molar-refractivity contribution in [2.75, 3.05) is 11.4 Å². The number of hydrogen-bond acceptors (Lipinski definition) is 2. The van der Waals surface area contributed by atoms with Crippen LogP contribution in [0.5, 0.6) is 0 Å². The summed E-state index contributed by atoms with van der Waals surface area (Å²) < 4.78 is 0. The summed E-state index contributed by atoms with van der Waals surface area (Å²) in [6.45, 7) is 5.13. The van der Waals surface area contributed by atoms with E-state index in [0.717, 1.165) is 5.56 Å². The molecule has 1 aliphatic heterocycles. The molecule has 1 atom stereocenters. The molecule has 0 radical (unpaired) electrons. The average molecular weight is 371 g/mol. The molecule has 1 heterocycles. The van der Waals surface area contributed by atoms with Gasteiger partial charge in [0, 0.05) is 19.5 Å². The second kappa shape index (κ2) is 7.92. The maximum Gasteiger partial charge on any atom is 0.227 e. The molecular weight excluding hydrogens is 348 g/mol. The lowest BCUT2D eigenvalue weighted by Crippen LogP contribution is -2.32. The highest BCUT2D eigenvalue weighted by Gasteiger charge is 2.35. The van der Waals surface area contributed by atoms with E-state index in [9.17, 15) is 9.59 Å². The normalized spacial score (nSPS) is 17.0. The minimum Gasteiger partial charge on any atom is -0.352 e. The highest BCUT2D eigenvalue weighted by atomic mass is 35.5. The average Bonchev–Trinajstić information content (AvgIpc) is 3.02. The van der Waals surface area contributed by atoms with Crippen LogP contribution in [0.4, 0.5) is 5.69 Å². The topological polar surface area (TPSA) is 49.4 Å². The van der Waals surface area contributed by atoms with E-state index < -0.39 is 0 Å². The number of hydrogen-bond donors (Lipinski definition) is 1. The van der Waals surface area contributed by atoms with Gasteiger partial charge in [-0.15, -0.1) is 0 Å². The van der Waals surface area contributed by atoms with E-state index in [1.54, 1.807) is 17.0 Å². The Hall–Kier alpha value is -2.33. The van der Waals surface area contributed by atoms with Crippen molar-refractivity contribution in [1.29, 1.82) is 0 Å². The van der Waals surface area contributed by atoms with Gasteiger partial charge in [-0.3, -0.25) is 9.59 Å². The molecular formula is C21H23ClN2O2. The van der Waals surface area contributed by atoms with Crippen LogP contribution >= 0.6 is 11.6 Å². The van der Waals surface area contributed by atoms with E-state index in [4.69, 9.17) is 11.6 Å². The molecule has 4 nitrogen and oxygen atoms in total. The number of benzene rings is 2. The largest absolute Gasteiger partial charge is 0.352 e. The molecule has 0 bridgehead atoms. The van der Waals surface area contributed by atoms with Gasteiger partial charge in [-0.25, -0.2) is 0 Å². The van der Waals surface area contributed by atoms with Crippen LogP contribution in [0, 0.1) is 5.92 Å². The van der Waals surface area contributed by atoms with Crippen LogP contribution in [0.2, 0.25) is 5.02 Å². The lowest BCUT2D eigenvalue weighted by atomic mass is 10.0. The van der Waals surface area contributed by atoms with Crippen molar-refractivity contribution in [3.05, 3.63) is 64.7 Å². The maximum absolute atomic E-state index is 12.5. The molecule has 1 N–H and O–H groups in total. The van der Waals surface area contributed by atoms with Crippen LogP contribution in [0.15, 0.2) is 48.5 Å². The zero-order valence-electron chi connectivity index (χ0n) is 15.0. The molecule has 2 amide bonds. The van der Waals surface area contributed by atoms with Gasteiger partial charge in [-0.1, -0.05) is 61.8 Å². The van der Waals surface area contributed by atoms with Crippen LogP contribution in [0.3, 0.4) is 0 Å². The number of carbonyl (C=O) groups is 2. The molecule has 0 aliphatic carbocycles. The number of nitrogens with one attached hydrogen (secondary N) is 1. The lowest BCUT2D eigenvalue weighted by molar-refractivity contribution is -0.126. The van der Waals surface area contributed by atoms with E-state index in [-0.39, 0.29) is 24.2 Å². The fraction of sp³-hybridized carbons (Fsp3) is 0.333. The van der Waals surface area contributed by atoms with E-state index in [2.05, 4.69) is 31.3 Å². The molecule has 2 aromatic rings. The van der Waals surface area contributed by atoms with E-state index in [0.29, 0.717) is 29.7 Å². The molecule has 2 aromatic carbocycles. The second-order valence-electron chi connectivity index (χ2n) is 6.97. The molecule has 0 spiro atoms. The van der Waals surface area contributed by atoms with Gasteiger partial charge in [0.1, 0.15) is 0 Å². The molecule has 0 aromatic heterocycles. The van der Waals surface area contributed by atoms with Crippen molar-refractivity contribution in [3.8, 4) is 0 Å². The second-order valence-corrected chi connectivity index (χ2v) is 7.38. The molecule has 0 unspecified atom stereocenters. The molecule has 1 fully saturated rings. The van der Waals surface area contributed by atoms with Crippen LogP contribution in [0.25, 0.3) is 0 Å². The standard InChI is InChI=1S/C21H23ClN2O2/c1-14(2)16-9-7-15(8-10-16)12-23-21(26)17-11-20(25)24(13-17)19-6-4-3-5-18(19)22/h3-10,14,17H,11-13H2,1-2H3,(H,23,26)/t17-/m1/s1. The quantitative estimate of drug-likeness (QED) is 0.860. The van der Waals surface area contributed by atoms with Gasteiger partial charge >= 0.3 is 0 Å². The lowest BCUT2D eigenvalue weighted by Gasteiger charge is -2.18. The third-order valence-electron chi connectivity index (χ3n) is 4.75. The van der Waals surface area contributed by atoms with Gasteiger partial charge in [0.2, 0.25) is 11.8 Å². The highest BCUT2D eigenvalue weighted by Crippen LogP contribution is 2.31. The third kappa shape index (κ3) is 4.07. The number of anilines is 1. The van der Waals surface area contributed by atoms with Crippen molar-refractivity contribution in [1.82, 2.24) is 5.32 Å². The molecule has 136 valence electrons. The van der Waals surface area contributed by atoms with Gasteiger partial charge in [0.25, 0.3) is 0 Å². The van der Waals surface area contributed by atoms with Crippen LogP contribution in [-0.4, -0.2) is 18.4 Å². The van der Waals surface area contributed by atoms with Gasteiger partial charge in [-0.05, 0) is 29.2 Å². The first-order chi connectivity index (χ1) is 12.5. The minimum absolute atomic E-state index is 0.0699. The number of halogens is 1. The Morgan fingerprint density at radius 2 is 1.88 bits per heavy atom. The summed E-state index contributed by atoms with van der Waals surface area (Å²) in [7, 11) is 0. The summed E-state index contributed by atoms with van der Waals surface area (Å²) in [5.41, 5.74) is 2.99. The van der Waals surface area contributed by atoms with E-state index in [1.807, 2.05) is 24.3 Å². The number of para-hydroxylation sites is 1. The Kier molecular flexibility index (Phi) is 5.62. The number of nitrogens with zero attached hydrogens (tertiary/aromatic N) is 1. The Labute approximate surface area is 159 Å². The summed E-state index contributed by atoms with van der Waals surface area (Å²) >= 11 is 6.18. The van der Waals surface area contributed by atoms with Crippen LogP contribution in [-0.2, 0) is 16.1 Å². The number of rotatable bonds is 5. The smallest absolute Gasteiger partial charge is 0.227 e. The van der Waals surface area contributed by atoms with Gasteiger partial charge in [-0.2, -0.15) is 0 Å². The summed E-state index contributed by atoms with van der Waals surface area (Å²) in [5.74, 6) is -0.0342. The number of amides is 2. The molecule has 3 rings (SSSR count). The van der Waals surface area contributed by atoms with Gasteiger partial charge in [0.05, 0.1) is 16.6 Å². The van der Waals surface area contributed by atoms with Gasteiger partial charge < -0.3 is 10.2 Å². The first kappa shape index (κ1) is 18.5. The highest BCUT2D eigenvalue weighted by molar-refractivity contribution is 6.33. The monoisotopic (exact) mass is 370 g/mol. The van der Waals surface area contributed by atoms with E-state index in [1.165, 1.54) is 5.56 Å². The summed E-state index contributed by atoms with van der Waals surface area (Å²) in [6, 6.07) is 15.4. The maximum atomic E-state index is 12.5. The van der Waals surface area contributed by atoms with Crippen LogP contribution in [0.1, 0.15) is 37.3 Å². The van der Waals surface area contributed by atoms with Gasteiger partial charge in [0.15, 0.2) is 0 Å². The fourth-order valence-electron chi connectivity index (χ4n) is 3.14. The predicted octanol–water partition coefficient (Wildman–Crippen LogP) is 4.13. The molecule has 5 heteroatoms. The minimum atomic E-state index is -0.353. The van der Waals surface area contributed by atoms with Crippen molar-refractivity contribution >= 4 is 29.1 Å². The van der Waals surface area contributed by atoms with Crippen molar-refractivity contribution in [2.45, 2.75) is 32.7 Å². The predicted molar refractivity (Wildman–Crippen MR) is 104 cm³/mol. The molecule has 1 saturated heterocycles.